The lowest BCUT2D eigenvalue weighted by Gasteiger charge is -2.23. The van der Waals surface area contributed by atoms with E-state index in [4.69, 9.17) is 15.2 Å². The first-order valence-corrected chi connectivity index (χ1v) is 12.0. The highest BCUT2D eigenvalue weighted by atomic mass is 79.9. The topological polar surface area (TPSA) is 97.3 Å². The number of nitrogens with zero attached hydrogens (tertiary/aromatic N) is 4. The van der Waals surface area contributed by atoms with E-state index in [1.54, 1.807) is 6.07 Å². The molecule has 0 amide bonds. The van der Waals surface area contributed by atoms with E-state index < -0.39 is 11.6 Å². The Morgan fingerprint density at radius 3 is 2.85 bits per heavy atom. The molecule has 0 bridgehead atoms. The minimum Gasteiger partial charge on any atom is -0.467 e. The van der Waals surface area contributed by atoms with Crippen LogP contribution in [0.2, 0.25) is 0 Å². The summed E-state index contributed by atoms with van der Waals surface area (Å²) in [5.74, 6) is -0.622. The zero-order valence-electron chi connectivity index (χ0n) is 18.0. The van der Waals surface area contributed by atoms with Crippen molar-refractivity contribution >= 4 is 59.1 Å². The highest BCUT2D eigenvalue weighted by Crippen LogP contribution is 2.45. The van der Waals surface area contributed by atoms with Gasteiger partial charge in [0.2, 0.25) is 0 Å². The summed E-state index contributed by atoms with van der Waals surface area (Å²) in [4.78, 5) is 10.8. The van der Waals surface area contributed by atoms with Crippen LogP contribution >= 0.6 is 27.3 Å². The first-order valence-electron chi connectivity index (χ1n) is 10.4. The molecule has 0 radical (unpaired) electrons. The van der Waals surface area contributed by atoms with Crippen LogP contribution in [0.25, 0.3) is 32.1 Å². The number of fused-ring (bicyclic) bond motifs is 2. The molecule has 5 rings (SSSR count). The van der Waals surface area contributed by atoms with Gasteiger partial charge in [0, 0.05) is 40.5 Å². The Morgan fingerprint density at radius 1 is 1.26 bits per heavy atom. The molecule has 174 valence electrons. The molecule has 2 aromatic carbocycles. The summed E-state index contributed by atoms with van der Waals surface area (Å²) in [5, 5.41) is 10.6. The molecule has 1 aliphatic rings. The third kappa shape index (κ3) is 3.62. The largest absolute Gasteiger partial charge is 0.467 e. The highest BCUT2D eigenvalue weighted by molar-refractivity contribution is 9.10. The lowest BCUT2D eigenvalue weighted by Crippen LogP contribution is -2.27. The molecule has 34 heavy (non-hydrogen) atoms. The lowest BCUT2D eigenvalue weighted by atomic mass is 9.97. The number of anilines is 2. The minimum atomic E-state index is -0.640. The fourth-order valence-electron chi connectivity index (χ4n) is 4.21. The van der Waals surface area contributed by atoms with E-state index in [9.17, 15) is 9.65 Å². The number of methoxy groups -OCH3 is 1. The van der Waals surface area contributed by atoms with Crippen LogP contribution in [0.15, 0.2) is 22.7 Å². The zero-order valence-corrected chi connectivity index (χ0v) is 20.4. The summed E-state index contributed by atoms with van der Waals surface area (Å²) in [6.07, 6.45) is 0.805. The van der Waals surface area contributed by atoms with Crippen molar-refractivity contribution in [1.29, 1.82) is 5.26 Å². The van der Waals surface area contributed by atoms with Gasteiger partial charge in [0.1, 0.15) is 28.2 Å². The first kappa shape index (κ1) is 22.7. The van der Waals surface area contributed by atoms with E-state index >= 15 is 4.39 Å². The second kappa shape index (κ2) is 8.94. The Hall–Kier alpha value is -3.07. The summed E-state index contributed by atoms with van der Waals surface area (Å²) in [6.45, 7) is 2.45. The monoisotopic (exact) mass is 545 g/mol. The Balaban J connectivity index is 1.82. The molecule has 11 heteroatoms. The van der Waals surface area contributed by atoms with Crippen molar-refractivity contribution in [3.8, 4) is 23.2 Å². The van der Waals surface area contributed by atoms with E-state index in [-0.39, 0.29) is 37.7 Å². The number of hydrogen-bond acceptors (Lipinski definition) is 8. The molecule has 0 atom stereocenters. The number of nitriles is 1. The van der Waals surface area contributed by atoms with E-state index in [0.717, 1.165) is 17.8 Å². The van der Waals surface area contributed by atoms with Gasteiger partial charge in [0.25, 0.3) is 0 Å². The molecule has 1 fully saturated rings. The average molecular weight is 546 g/mol. The number of aromatic nitrogens is 2. The number of hydrogen-bond donors (Lipinski definition) is 1. The number of rotatable bonds is 3. The number of nitrogen functional groups attached to an aromatic ring is 1. The summed E-state index contributed by atoms with van der Waals surface area (Å²) in [7, 11) is 1.42. The minimum absolute atomic E-state index is 0.0292. The molecule has 3 heterocycles. The zero-order chi connectivity index (χ0) is 24.0. The second-order valence-electron chi connectivity index (χ2n) is 7.68. The molecule has 4 aromatic rings. The van der Waals surface area contributed by atoms with Gasteiger partial charge in [0.15, 0.2) is 5.82 Å². The van der Waals surface area contributed by atoms with Gasteiger partial charge in [-0.3, -0.25) is 0 Å². The normalized spacial score (nSPS) is 14.4. The van der Waals surface area contributed by atoms with Crippen LogP contribution in [-0.2, 0) is 4.74 Å². The molecule has 1 aliphatic heterocycles. The molecular formula is C23H18BrF2N5O2S. The van der Waals surface area contributed by atoms with E-state index in [1.165, 1.54) is 19.2 Å². The number of thiophene rings is 1. The molecule has 0 spiro atoms. The second-order valence-corrected chi connectivity index (χ2v) is 9.59. The van der Waals surface area contributed by atoms with Crippen LogP contribution in [0.5, 0.6) is 6.01 Å². The summed E-state index contributed by atoms with van der Waals surface area (Å²) >= 11 is 4.46. The van der Waals surface area contributed by atoms with Gasteiger partial charge < -0.3 is 20.1 Å². The summed E-state index contributed by atoms with van der Waals surface area (Å²) in [5.41, 5.74) is 6.64. The van der Waals surface area contributed by atoms with Crippen LogP contribution in [-0.4, -0.2) is 43.4 Å². The number of nitrogens with two attached hydrogens (primary N) is 1. The fourth-order valence-corrected chi connectivity index (χ4v) is 5.77. The molecule has 0 unspecified atom stereocenters. The van der Waals surface area contributed by atoms with Crippen molar-refractivity contribution in [3.05, 3.63) is 39.9 Å². The van der Waals surface area contributed by atoms with Crippen molar-refractivity contribution in [2.45, 2.75) is 6.42 Å². The maximum Gasteiger partial charge on any atom is 0.318 e. The van der Waals surface area contributed by atoms with Gasteiger partial charge in [-0.2, -0.15) is 15.2 Å². The van der Waals surface area contributed by atoms with Crippen molar-refractivity contribution in [2.24, 2.45) is 0 Å². The van der Waals surface area contributed by atoms with Gasteiger partial charge >= 0.3 is 6.01 Å². The molecular weight excluding hydrogens is 528 g/mol. The van der Waals surface area contributed by atoms with Gasteiger partial charge in [-0.15, -0.1) is 11.3 Å². The Labute approximate surface area is 205 Å². The quantitative estimate of drug-likeness (QED) is 0.375. The predicted molar refractivity (Wildman–Crippen MR) is 131 cm³/mol. The number of halogens is 3. The Bertz CT molecular complexity index is 1480. The van der Waals surface area contributed by atoms with Crippen LogP contribution in [0.4, 0.5) is 19.6 Å². The van der Waals surface area contributed by atoms with Crippen molar-refractivity contribution in [2.75, 3.05) is 44.0 Å². The Kier molecular flexibility index (Phi) is 5.97. The van der Waals surface area contributed by atoms with E-state index in [0.29, 0.717) is 47.5 Å². The maximum absolute atomic E-state index is 16.2. The van der Waals surface area contributed by atoms with Crippen molar-refractivity contribution < 1.29 is 18.3 Å². The summed E-state index contributed by atoms with van der Waals surface area (Å²) in [6, 6.07) is 6.49. The van der Waals surface area contributed by atoms with E-state index in [2.05, 4.69) is 25.9 Å². The third-order valence-electron chi connectivity index (χ3n) is 5.75. The van der Waals surface area contributed by atoms with Gasteiger partial charge in [-0.25, -0.2) is 8.78 Å². The fraction of sp³-hybridized carbons (Fsp3) is 0.261. The molecule has 2 aromatic heterocycles. The molecule has 7 nitrogen and oxygen atoms in total. The van der Waals surface area contributed by atoms with Crippen molar-refractivity contribution in [1.82, 2.24) is 9.97 Å². The van der Waals surface area contributed by atoms with Crippen molar-refractivity contribution in [3.63, 3.8) is 0 Å². The third-order valence-corrected chi connectivity index (χ3v) is 7.40. The van der Waals surface area contributed by atoms with Gasteiger partial charge in [0.05, 0.1) is 24.0 Å². The lowest BCUT2D eigenvalue weighted by molar-refractivity contribution is 0.152. The standard InChI is InChI=1S/C23H18BrF2N5O2S/c1-32-23-29-19-12(22(30-23)31-5-2-7-33-8-6-31)9-14(24)17(18(19)26)11-3-4-15(25)20-16(11)13(10-27)21(28)34-20/h3-4,9H,2,5-8,28H2,1H3. The van der Waals surface area contributed by atoms with Gasteiger partial charge in [-0.05, 0) is 24.1 Å². The number of ether oxygens (including phenoxy) is 2. The first-order chi connectivity index (χ1) is 16.4. The van der Waals surface area contributed by atoms with Crippen LogP contribution in [0, 0.1) is 23.0 Å². The predicted octanol–water partition coefficient (Wildman–Crippen LogP) is 5.24. The van der Waals surface area contributed by atoms with Crippen LogP contribution in [0.1, 0.15) is 12.0 Å². The maximum atomic E-state index is 16.2. The average Bonchev–Trinajstić information content (AvgIpc) is 2.98. The van der Waals surface area contributed by atoms with Crippen LogP contribution in [0.3, 0.4) is 0 Å². The molecule has 0 saturated carbocycles. The number of benzene rings is 2. The van der Waals surface area contributed by atoms with E-state index in [1.807, 2.05) is 11.0 Å². The Morgan fingerprint density at radius 2 is 2.09 bits per heavy atom. The molecule has 1 saturated heterocycles. The summed E-state index contributed by atoms with van der Waals surface area (Å²) < 4.78 is 42.2. The van der Waals surface area contributed by atoms with Gasteiger partial charge in [-0.1, -0.05) is 22.0 Å². The molecule has 2 N–H and O–H groups in total. The SMILES string of the molecule is COc1nc(N2CCCOCC2)c2cc(Br)c(-c3ccc(F)c4sc(N)c(C#N)c34)c(F)c2n1. The highest BCUT2D eigenvalue weighted by Gasteiger charge is 2.26. The van der Waals surface area contributed by atoms with Crippen LogP contribution < -0.4 is 15.4 Å². The molecule has 0 aliphatic carbocycles. The smallest absolute Gasteiger partial charge is 0.318 e.